The minimum atomic E-state index is -0.150. The zero-order valence-corrected chi connectivity index (χ0v) is 12.7. The fourth-order valence-electron chi connectivity index (χ4n) is 2.67. The van der Waals surface area contributed by atoms with Crippen LogP contribution < -0.4 is 15.0 Å². The molecule has 1 N–H and O–H groups in total. The lowest BCUT2D eigenvalue weighted by Crippen LogP contribution is -2.37. The molecule has 0 aliphatic carbocycles. The number of pyridine rings is 1. The number of rotatable bonds is 4. The Hall–Kier alpha value is -2.57. The van der Waals surface area contributed by atoms with E-state index in [1.54, 1.807) is 23.0 Å². The molecule has 1 atom stereocenters. The number of hydrogen-bond donors (Lipinski definition) is 1. The molecule has 1 aliphatic rings. The molecule has 3 rings (SSSR count). The molecule has 0 unspecified atom stereocenters. The van der Waals surface area contributed by atoms with Crippen LogP contribution in [0.15, 0.2) is 30.7 Å². The van der Waals surface area contributed by atoms with Crippen LogP contribution in [0.25, 0.3) is 0 Å². The first-order chi connectivity index (χ1) is 10.7. The van der Waals surface area contributed by atoms with Crippen LogP contribution >= 0.6 is 0 Å². The molecule has 7 nitrogen and oxygen atoms in total. The average molecular weight is 301 g/mol. The number of nitrogens with one attached hydrogen (secondary N) is 1. The molecule has 22 heavy (non-hydrogen) atoms. The number of amides is 1. The van der Waals surface area contributed by atoms with Crippen molar-refractivity contribution in [2.75, 3.05) is 25.1 Å². The molecule has 1 saturated heterocycles. The fraction of sp³-hybridized carbons (Fsp3) is 0.400. The van der Waals surface area contributed by atoms with Crippen molar-refractivity contribution in [1.82, 2.24) is 20.1 Å². The second-order valence-electron chi connectivity index (χ2n) is 5.34. The van der Waals surface area contributed by atoms with Gasteiger partial charge in [0.15, 0.2) is 0 Å². The van der Waals surface area contributed by atoms with Gasteiger partial charge < -0.3 is 15.0 Å². The van der Waals surface area contributed by atoms with Gasteiger partial charge in [0.25, 0.3) is 5.91 Å². The largest absolute Gasteiger partial charge is 0.480 e. The molecule has 2 aromatic heterocycles. The molecule has 0 bridgehead atoms. The van der Waals surface area contributed by atoms with Gasteiger partial charge in [0.05, 0.1) is 19.0 Å². The lowest BCUT2D eigenvalue weighted by molar-refractivity contribution is 0.0936. The van der Waals surface area contributed by atoms with Crippen LogP contribution in [0.4, 0.5) is 5.69 Å². The summed E-state index contributed by atoms with van der Waals surface area (Å²) in [4.78, 5) is 18.6. The molecule has 1 aliphatic heterocycles. The molecule has 0 saturated carbocycles. The highest BCUT2D eigenvalue weighted by molar-refractivity contribution is 5.96. The summed E-state index contributed by atoms with van der Waals surface area (Å²) in [5.74, 6) is 0.199. The van der Waals surface area contributed by atoms with E-state index in [1.807, 2.05) is 19.4 Å². The third-order valence-corrected chi connectivity index (χ3v) is 3.79. The van der Waals surface area contributed by atoms with E-state index < -0.39 is 0 Å². The van der Waals surface area contributed by atoms with E-state index >= 15 is 0 Å². The molecule has 0 radical (unpaired) electrons. The Bertz CT molecular complexity index is 669. The van der Waals surface area contributed by atoms with Gasteiger partial charge in [-0.1, -0.05) is 0 Å². The minimum absolute atomic E-state index is 0.109. The van der Waals surface area contributed by atoms with Crippen molar-refractivity contribution >= 4 is 11.6 Å². The van der Waals surface area contributed by atoms with E-state index in [9.17, 15) is 4.79 Å². The molecule has 1 amide bonds. The lowest BCUT2D eigenvalue weighted by Gasteiger charge is -2.17. The van der Waals surface area contributed by atoms with Gasteiger partial charge in [-0.3, -0.25) is 9.48 Å². The Labute approximate surface area is 128 Å². The van der Waals surface area contributed by atoms with Crippen LogP contribution in [0, 0.1) is 0 Å². The van der Waals surface area contributed by atoms with Crippen molar-refractivity contribution in [3.8, 4) is 5.88 Å². The fourth-order valence-corrected chi connectivity index (χ4v) is 2.67. The highest BCUT2D eigenvalue weighted by atomic mass is 16.5. The molecular formula is C15H19N5O2. The van der Waals surface area contributed by atoms with E-state index in [1.165, 1.54) is 7.11 Å². The maximum atomic E-state index is 12.4. The van der Waals surface area contributed by atoms with E-state index in [2.05, 4.69) is 20.3 Å². The zero-order valence-electron chi connectivity index (χ0n) is 12.7. The van der Waals surface area contributed by atoms with E-state index in [-0.39, 0.29) is 11.9 Å². The van der Waals surface area contributed by atoms with Gasteiger partial charge in [-0.15, -0.1) is 0 Å². The maximum absolute atomic E-state index is 12.4. The van der Waals surface area contributed by atoms with Crippen LogP contribution in [0.1, 0.15) is 16.8 Å². The Kier molecular flexibility index (Phi) is 3.95. The van der Waals surface area contributed by atoms with E-state index in [0.29, 0.717) is 11.4 Å². The third kappa shape index (κ3) is 2.88. The standard InChI is InChI=1S/C15H19N5O2/c1-19-10-12(8-17-19)20-7-5-11(9-20)18-14(21)13-4-3-6-16-15(13)22-2/h3-4,6,8,10-11H,5,7,9H2,1-2H3,(H,18,21)/t11-/m1/s1. The summed E-state index contributed by atoms with van der Waals surface area (Å²) >= 11 is 0. The number of methoxy groups -OCH3 is 1. The molecule has 3 heterocycles. The molecule has 2 aromatic rings. The van der Waals surface area contributed by atoms with Crippen LogP contribution in [0.3, 0.4) is 0 Å². The van der Waals surface area contributed by atoms with Crippen molar-refractivity contribution < 1.29 is 9.53 Å². The first kappa shape index (κ1) is 14.4. The van der Waals surface area contributed by atoms with Crippen LogP contribution in [0.5, 0.6) is 5.88 Å². The first-order valence-corrected chi connectivity index (χ1v) is 7.21. The van der Waals surface area contributed by atoms with Crippen LogP contribution in [0.2, 0.25) is 0 Å². The second-order valence-corrected chi connectivity index (χ2v) is 5.34. The van der Waals surface area contributed by atoms with Gasteiger partial charge in [-0.05, 0) is 18.6 Å². The number of carbonyl (C=O) groups is 1. The van der Waals surface area contributed by atoms with E-state index in [4.69, 9.17) is 4.74 Å². The Morgan fingerprint density at radius 1 is 1.50 bits per heavy atom. The van der Waals surface area contributed by atoms with Crippen molar-refractivity contribution in [3.63, 3.8) is 0 Å². The summed E-state index contributed by atoms with van der Waals surface area (Å²) in [6.45, 7) is 1.68. The Morgan fingerprint density at radius 3 is 3.09 bits per heavy atom. The summed E-state index contributed by atoms with van der Waals surface area (Å²) in [6, 6.07) is 3.56. The quantitative estimate of drug-likeness (QED) is 0.905. The van der Waals surface area contributed by atoms with Gasteiger partial charge in [0.1, 0.15) is 5.56 Å². The van der Waals surface area contributed by atoms with Crippen LogP contribution in [-0.4, -0.2) is 46.9 Å². The van der Waals surface area contributed by atoms with Gasteiger partial charge in [0, 0.05) is 38.6 Å². The summed E-state index contributed by atoms with van der Waals surface area (Å²) in [6.07, 6.45) is 6.33. The molecule has 0 aromatic carbocycles. The lowest BCUT2D eigenvalue weighted by atomic mass is 10.2. The molecule has 0 spiro atoms. The van der Waals surface area contributed by atoms with Crippen LogP contribution in [-0.2, 0) is 7.05 Å². The molecule has 1 fully saturated rings. The highest BCUT2D eigenvalue weighted by Crippen LogP contribution is 2.20. The number of ether oxygens (including phenoxy) is 1. The van der Waals surface area contributed by atoms with Crippen molar-refractivity contribution in [2.24, 2.45) is 7.05 Å². The maximum Gasteiger partial charge on any atom is 0.257 e. The Morgan fingerprint density at radius 2 is 2.36 bits per heavy atom. The molecular weight excluding hydrogens is 282 g/mol. The number of carbonyl (C=O) groups excluding carboxylic acids is 1. The minimum Gasteiger partial charge on any atom is -0.480 e. The number of nitrogens with zero attached hydrogens (tertiary/aromatic N) is 4. The third-order valence-electron chi connectivity index (χ3n) is 3.79. The van der Waals surface area contributed by atoms with Gasteiger partial charge in [-0.25, -0.2) is 4.98 Å². The van der Waals surface area contributed by atoms with Crippen molar-refractivity contribution in [2.45, 2.75) is 12.5 Å². The zero-order chi connectivity index (χ0) is 15.5. The second kappa shape index (κ2) is 6.05. The average Bonchev–Trinajstić information content (AvgIpc) is 3.16. The number of hydrogen-bond acceptors (Lipinski definition) is 5. The highest BCUT2D eigenvalue weighted by Gasteiger charge is 2.26. The summed E-state index contributed by atoms with van der Waals surface area (Å²) < 4.78 is 6.91. The SMILES string of the molecule is COc1ncccc1C(=O)N[C@@H]1CCN(c2cnn(C)c2)C1. The number of aryl methyl sites for hydroxylation is 1. The Balaban J connectivity index is 1.63. The van der Waals surface area contributed by atoms with Gasteiger partial charge in [0.2, 0.25) is 5.88 Å². The smallest absolute Gasteiger partial charge is 0.257 e. The van der Waals surface area contributed by atoms with Gasteiger partial charge >= 0.3 is 0 Å². The number of anilines is 1. The predicted octanol–water partition coefficient (Wildman–Crippen LogP) is 0.832. The summed E-state index contributed by atoms with van der Waals surface area (Å²) in [5.41, 5.74) is 1.54. The normalized spacial score (nSPS) is 17.5. The molecule has 116 valence electrons. The molecule has 7 heteroatoms. The number of aromatic nitrogens is 3. The topological polar surface area (TPSA) is 72.3 Å². The summed E-state index contributed by atoms with van der Waals surface area (Å²) in [5, 5.41) is 7.23. The van der Waals surface area contributed by atoms with Crippen molar-refractivity contribution in [3.05, 3.63) is 36.3 Å². The van der Waals surface area contributed by atoms with E-state index in [0.717, 1.165) is 25.2 Å². The monoisotopic (exact) mass is 301 g/mol. The predicted molar refractivity (Wildman–Crippen MR) is 82.1 cm³/mol. The van der Waals surface area contributed by atoms with Crippen molar-refractivity contribution in [1.29, 1.82) is 0 Å². The summed E-state index contributed by atoms with van der Waals surface area (Å²) in [7, 11) is 3.41. The first-order valence-electron chi connectivity index (χ1n) is 7.21. The van der Waals surface area contributed by atoms with Gasteiger partial charge in [-0.2, -0.15) is 5.10 Å².